The molecule has 2 N–H and O–H groups in total. The molecule has 0 unspecified atom stereocenters. The maximum atomic E-state index is 5.74. The summed E-state index contributed by atoms with van der Waals surface area (Å²) in [6.07, 6.45) is 0. The molecule has 0 fully saturated rings. The molecule has 0 radical (unpaired) electrons. The number of aromatic nitrogens is 1. The fourth-order valence-corrected chi connectivity index (χ4v) is 2.32. The van der Waals surface area contributed by atoms with Crippen molar-refractivity contribution in [2.45, 2.75) is 13.2 Å². The van der Waals surface area contributed by atoms with E-state index >= 15 is 0 Å². The largest absolute Gasteiger partial charge is 0.487 e. The van der Waals surface area contributed by atoms with Gasteiger partial charge in [0, 0.05) is 16.4 Å². The van der Waals surface area contributed by atoms with Crippen LogP contribution in [0.15, 0.2) is 51.5 Å². The van der Waals surface area contributed by atoms with Crippen LogP contribution in [0.1, 0.15) is 11.3 Å². The van der Waals surface area contributed by atoms with E-state index in [1.54, 1.807) is 0 Å². The minimum absolute atomic E-state index is 0.364. The third-order valence-corrected chi connectivity index (χ3v) is 3.51. The van der Waals surface area contributed by atoms with Crippen LogP contribution in [0, 0.1) is 0 Å². The molecule has 0 saturated carbocycles. The highest BCUT2D eigenvalue weighted by atomic mass is 79.9. The summed E-state index contributed by atoms with van der Waals surface area (Å²) in [5.41, 5.74) is 8.18. The summed E-state index contributed by atoms with van der Waals surface area (Å²) in [6.45, 7) is 0.862. The third-order valence-electron chi connectivity index (χ3n) is 3.02. The predicted octanol–water partition coefficient (Wildman–Crippen LogP) is 3.63. The molecule has 3 aromatic rings. The van der Waals surface area contributed by atoms with Gasteiger partial charge in [0.2, 0.25) is 0 Å². The SMILES string of the molecule is NCc1cccc(OCc2noc3cc(Br)ccc23)c1. The Labute approximate surface area is 124 Å². The number of ether oxygens (including phenoxy) is 1. The van der Waals surface area contributed by atoms with Crippen molar-refractivity contribution in [2.75, 3.05) is 0 Å². The Morgan fingerprint density at radius 1 is 1.20 bits per heavy atom. The normalized spacial score (nSPS) is 10.9. The summed E-state index contributed by atoms with van der Waals surface area (Å²) < 4.78 is 12.0. The second kappa shape index (κ2) is 5.64. The molecule has 20 heavy (non-hydrogen) atoms. The monoisotopic (exact) mass is 332 g/mol. The number of benzene rings is 2. The number of halogens is 1. The molecule has 0 aliphatic carbocycles. The molecule has 0 spiro atoms. The van der Waals surface area contributed by atoms with Crippen LogP contribution < -0.4 is 10.5 Å². The third kappa shape index (κ3) is 2.69. The molecule has 3 rings (SSSR count). The first kappa shape index (κ1) is 13.1. The summed E-state index contributed by atoms with van der Waals surface area (Å²) in [5, 5.41) is 5.01. The van der Waals surface area contributed by atoms with E-state index in [9.17, 15) is 0 Å². The van der Waals surface area contributed by atoms with Crippen molar-refractivity contribution < 1.29 is 9.26 Å². The van der Waals surface area contributed by atoms with Crippen molar-refractivity contribution in [3.8, 4) is 5.75 Å². The van der Waals surface area contributed by atoms with Crippen LogP contribution in [-0.4, -0.2) is 5.16 Å². The zero-order valence-corrected chi connectivity index (χ0v) is 12.3. The van der Waals surface area contributed by atoms with E-state index in [2.05, 4.69) is 21.1 Å². The number of hydrogen-bond donors (Lipinski definition) is 1. The Morgan fingerprint density at radius 2 is 2.10 bits per heavy atom. The van der Waals surface area contributed by atoms with Gasteiger partial charge in [-0.2, -0.15) is 0 Å². The lowest BCUT2D eigenvalue weighted by Gasteiger charge is -2.05. The molecule has 2 aromatic carbocycles. The Kier molecular flexibility index (Phi) is 3.71. The highest BCUT2D eigenvalue weighted by Gasteiger charge is 2.09. The van der Waals surface area contributed by atoms with E-state index in [-0.39, 0.29) is 0 Å². The molecule has 102 valence electrons. The van der Waals surface area contributed by atoms with Crippen molar-refractivity contribution in [3.05, 3.63) is 58.2 Å². The van der Waals surface area contributed by atoms with E-state index < -0.39 is 0 Å². The first-order valence-corrected chi connectivity index (χ1v) is 7.01. The van der Waals surface area contributed by atoms with E-state index in [0.29, 0.717) is 13.2 Å². The molecule has 0 aliphatic heterocycles. The van der Waals surface area contributed by atoms with Gasteiger partial charge in [0.1, 0.15) is 18.1 Å². The molecular formula is C15H13BrN2O2. The lowest BCUT2D eigenvalue weighted by Crippen LogP contribution is -1.99. The molecule has 5 heteroatoms. The van der Waals surface area contributed by atoms with Crippen molar-refractivity contribution in [3.63, 3.8) is 0 Å². The Hall–Kier alpha value is -1.85. The number of nitrogens with zero attached hydrogens (tertiary/aromatic N) is 1. The summed E-state index contributed by atoms with van der Waals surface area (Å²) in [6, 6.07) is 13.5. The van der Waals surface area contributed by atoms with Gasteiger partial charge in [-0.15, -0.1) is 0 Å². The number of fused-ring (bicyclic) bond motifs is 1. The van der Waals surface area contributed by atoms with Crippen molar-refractivity contribution >= 4 is 26.9 Å². The van der Waals surface area contributed by atoms with Gasteiger partial charge < -0.3 is 15.0 Å². The van der Waals surface area contributed by atoms with E-state index in [1.165, 1.54) is 0 Å². The van der Waals surface area contributed by atoms with Crippen molar-refractivity contribution in [1.82, 2.24) is 5.16 Å². The molecule has 0 aliphatic rings. The molecular weight excluding hydrogens is 320 g/mol. The van der Waals surface area contributed by atoms with Gasteiger partial charge in [0.05, 0.1) is 0 Å². The second-order valence-electron chi connectivity index (χ2n) is 4.41. The molecule has 1 aromatic heterocycles. The van der Waals surface area contributed by atoms with Crippen molar-refractivity contribution in [2.24, 2.45) is 5.73 Å². The average Bonchev–Trinajstić information content (AvgIpc) is 2.87. The van der Waals surface area contributed by atoms with Gasteiger partial charge in [-0.25, -0.2) is 0 Å². The Bertz CT molecular complexity index is 740. The number of nitrogens with two attached hydrogens (primary N) is 1. The fourth-order valence-electron chi connectivity index (χ4n) is 1.98. The molecule has 0 saturated heterocycles. The van der Waals surface area contributed by atoms with E-state index in [0.717, 1.165) is 32.4 Å². The molecule has 0 atom stereocenters. The van der Waals surface area contributed by atoms with Crippen LogP contribution in [0.4, 0.5) is 0 Å². The van der Waals surface area contributed by atoms with Crippen LogP contribution in [0.3, 0.4) is 0 Å². The van der Waals surface area contributed by atoms with Crippen LogP contribution in [0.5, 0.6) is 5.75 Å². The first-order chi connectivity index (χ1) is 9.76. The highest BCUT2D eigenvalue weighted by molar-refractivity contribution is 9.10. The van der Waals surface area contributed by atoms with Gasteiger partial charge in [-0.05, 0) is 35.9 Å². The van der Waals surface area contributed by atoms with Crippen molar-refractivity contribution in [1.29, 1.82) is 0 Å². The average molecular weight is 333 g/mol. The number of hydrogen-bond acceptors (Lipinski definition) is 4. The topological polar surface area (TPSA) is 61.3 Å². The maximum absolute atomic E-state index is 5.74. The smallest absolute Gasteiger partial charge is 0.168 e. The standard InChI is InChI=1S/C15H13BrN2O2/c16-11-4-5-13-14(18-20-15(13)7-11)9-19-12-3-1-2-10(6-12)8-17/h1-7H,8-9,17H2. The van der Waals surface area contributed by atoms with Gasteiger partial charge in [-0.3, -0.25) is 0 Å². The van der Waals surface area contributed by atoms with Gasteiger partial charge in [0.25, 0.3) is 0 Å². The lowest BCUT2D eigenvalue weighted by atomic mass is 10.2. The summed E-state index contributed by atoms with van der Waals surface area (Å²) in [5.74, 6) is 0.779. The van der Waals surface area contributed by atoms with Gasteiger partial charge in [0.15, 0.2) is 5.58 Å². The van der Waals surface area contributed by atoms with Crippen LogP contribution in [-0.2, 0) is 13.2 Å². The first-order valence-electron chi connectivity index (χ1n) is 6.22. The molecule has 0 amide bonds. The summed E-state index contributed by atoms with van der Waals surface area (Å²) in [7, 11) is 0. The minimum Gasteiger partial charge on any atom is -0.487 e. The van der Waals surface area contributed by atoms with Gasteiger partial charge in [-0.1, -0.05) is 33.2 Å². The zero-order valence-electron chi connectivity index (χ0n) is 10.7. The highest BCUT2D eigenvalue weighted by Crippen LogP contribution is 2.24. The number of rotatable bonds is 4. The van der Waals surface area contributed by atoms with Crippen LogP contribution >= 0.6 is 15.9 Å². The Morgan fingerprint density at radius 3 is 2.95 bits per heavy atom. The van der Waals surface area contributed by atoms with E-state index in [1.807, 2.05) is 42.5 Å². The van der Waals surface area contributed by atoms with E-state index in [4.69, 9.17) is 15.0 Å². The lowest BCUT2D eigenvalue weighted by molar-refractivity contribution is 0.292. The Balaban J connectivity index is 1.79. The molecule has 4 nitrogen and oxygen atoms in total. The second-order valence-corrected chi connectivity index (χ2v) is 5.33. The minimum atomic E-state index is 0.364. The summed E-state index contributed by atoms with van der Waals surface area (Å²) >= 11 is 3.40. The molecule has 0 bridgehead atoms. The maximum Gasteiger partial charge on any atom is 0.168 e. The van der Waals surface area contributed by atoms with Crippen LogP contribution in [0.2, 0.25) is 0 Å². The molecule has 1 heterocycles. The predicted molar refractivity (Wildman–Crippen MR) is 80.4 cm³/mol. The quantitative estimate of drug-likeness (QED) is 0.792. The van der Waals surface area contributed by atoms with Gasteiger partial charge >= 0.3 is 0 Å². The summed E-state index contributed by atoms with van der Waals surface area (Å²) in [4.78, 5) is 0. The zero-order chi connectivity index (χ0) is 13.9. The van der Waals surface area contributed by atoms with Crippen LogP contribution in [0.25, 0.3) is 11.0 Å². The fraction of sp³-hybridized carbons (Fsp3) is 0.133.